The van der Waals surface area contributed by atoms with Gasteiger partial charge in [-0.25, -0.2) is 9.97 Å². The lowest BCUT2D eigenvalue weighted by Gasteiger charge is -2.08. The van der Waals surface area contributed by atoms with E-state index < -0.39 is 0 Å². The fourth-order valence-electron chi connectivity index (χ4n) is 1.46. The highest BCUT2D eigenvalue weighted by Gasteiger charge is 2.09. The number of hydrogen-bond acceptors (Lipinski definition) is 4. The molecule has 2 rings (SSSR count). The predicted octanol–water partition coefficient (Wildman–Crippen LogP) is 2.80. The number of rotatable bonds is 2. The van der Waals surface area contributed by atoms with Crippen LogP contribution < -0.4 is 5.32 Å². The lowest BCUT2D eigenvalue weighted by molar-refractivity contribution is 0.475. The zero-order chi connectivity index (χ0) is 12.4. The molecule has 2 N–H and O–H groups in total. The van der Waals surface area contributed by atoms with Gasteiger partial charge in [0.15, 0.2) is 5.82 Å². The van der Waals surface area contributed by atoms with Gasteiger partial charge in [-0.2, -0.15) is 0 Å². The molecule has 0 radical (unpaired) electrons. The maximum atomic E-state index is 9.25. The van der Waals surface area contributed by atoms with E-state index in [1.54, 1.807) is 24.3 Å². The van der Waals surface area contributed by atoms with Crippen LogP contribution in [0.1, 0.15) is 5.69 Å². The second-order valence-corrected chi connectivity index (χ2v) is 4.67. The van der Waals surface area contributed by atoms with Gasteiger partial charge >= 0.3 is 0 Å². The average molecular weight is 341 g/mol. The topological polar surface area (TPSA) is 58.0 Å². The molecule has 1 heterocycles. The van der Waals surface area contributed by atoms with Crippen LogP contribution in [0.5, 0.6) is 5.75 Å². The van der Waals surface area contributed by atoms with Gasteiger partial charge in [0, 0.05) is 12.6 Å². The molecule has 0 unspecified atom stereocenters. The Balaban J connectivity index is 2.52. The van der Waals surface area contributed by atoms with E-state index >= 15 is 0 Å². The predicted molar refractivity (Wildman–Crippen MR) is 76.1 cm³/mol. The first-order valence-electron chi connectivity index (χ1n) is 5.13. The highest BCUT2D eigenvalue weighted by atomic mass is 127. The zero-order valence-corrected chi connectivity index (χ0v) is 11.7. The van der Waals surface area contributed by atoms with Gasteiger partial charge in [0.25, 0.3) is 0 Å². The molecule has 0 spiro atoms. The summed E-state index contributed by atoms with van der Waals surface area (Å²) in [5, 5.41) is 12.3. The molecule has 0 amide bonds. The second kappa shape index (κ2) is 4.87. The van der Waals surface area contributed by atoms with Crippen LogP contribution in [-0.2, 0) is 0 Å². The normalized spacial score (nSPS) is 10.3. The Hall–Kier alpha value is -1.37. The number of phenols is 1. The van der Waals surface area contributed by atoms with Crippen molar-refractivity contribution in [2.45, 2.75) is 6.92 Å². The number of nitrogens with one attached hydrogen (secondary N) is 1. The molecule has 0 aliphatic rings. The van der Waals surface area contributed by atoms with Gasteiger partial charge in [-0.15, -0.1) is 0 Å². The third kappa shape index (κ3) is 2.49. The maximum Gasteiger partial charge on any atom is 0.161 e. The molecule has 88 valence electrons. The van der Waals surface area contributed by atoms with Gasteiger partial charge in [0.1, 0.15) is 11.6 Å². The van der Waals surface area contributed by atoms with Crippen molar-refractivity contribution in [1.29, 1.82) is 0 Å². The third-order valence-electron chi connectivity index (χ3n) is 2.38. The Kier molecular flexibility index (Phi) is 3.46. The van der Waals surface area contributed by atoms with Gasteiger partial charge in [-0.05, 0) is 53.8 Å². The Morgan fingerprint density at radius 1 is 1.18 bits per heavy atom. The molecule has 0 bridgehead atoms. The Labute approximate surface area is 113 Å². The van der Waals surface area contributed by atoms with Crippen molar-refractivity contribution < 1.29 is 5.11 Å². The first-order valence-corrected chi connectivity index (χ1v) is 6.21. The Bertz CT molecular complexity index is 540. The largest absolute Gasteiger partial charge is 0.508 e. The fourth-order valence-corrected chi connectivity index (χ4v) is 1.98. The lowest BCUT2D eigenvalue weighted by atomic mass is 10.2. The molecule has 5 heteroatoms. The second-order valence-electron chi connectivity index (χ2n) is 3.59. The van der Waals surface area contributed by atoms with E-state index in [1.807, 2.05) is 14.0 Å². The monoisotopic (exact) mass is 341 g/mol. The molecule has 0 saturated carbocycles. The summed E-state index contributed by atoms with van der Waals surface area (Å²) in [6, 6.07) is 6.86. The third-order valence-corrected chi connectivity index (χ3v) is 3.67. The van der Waals surface area contributed by atoms with E-state index in [4.69, 9.17) is 0 Å². The molecule has 1 aromatic heterocycles. The van der Waals surface area contributed by atoms with Gasteiger partial charge < -0.3 is 10.4 Å². The smallest absolute Gasteiger partial charge is 0.161 e. The highest BCUT2D eigenvalue weighted by Crippen LogP contribution is 2.24. The SMILES string of the molecule is CNc1nc(-c2ccc(O)cc2)nc(C)c1I. The molecular formula is C12H12IN3O. The summed E-state index contributed by atoms with van der Waals surface area (Å²) >= 11 is 2.22. The molecule has 0 fully saturated rings. The number of hydrogen-bond donors (Lipinski definition) is 2. The number of benzene rings is 1. The van der Waals surface area contributed by atoms with Crippen molar-refractivity contribution in [2.24, 2.45) is 0 Å². The summed E-state index contributed by atoms with van der Waals surface area (Å²) in [6.07, 6.45) is 0. The zero-order valence-electron chi connectivity index (χ0n) is 9.53. The molecule has 17 heavy (non-hydrogen) atoms. The van der Waals surface area contributed by atoms with Crippen molar-refractivity contribution in [3.8, 4) is 17.1 Å². The van der Waals surface area contributed by atoms with Gasteiger partial charge in [-0.1, -0.05) is 0 Å². The molecule has 0 aliphatic carbocycles. The van der Waals surface area contributed by atoms with E-state index in [0.717, 1.165) is 20.6 Å². The lowest BCUT2D eigenvalue weighted by Crippen LogP contribution is -2.02. The van der Waals surface area contributed by atoms with E-state index in [9.17, 15) is 5.11 Å². The fraction of sp³-hybridized carbons (Fsp3) is 0.167. The van der Waals surface area contributed by atoms with Crippen molar-refractivity contribution in [3.63, 3.8) is 0 Å². The van der Waals surface area contributed by atoms with Crippen molar-refractivity contribution >= 4 is 28.4 Å². The number of anilines is 1. The molecule has 4 nitrogen and oxygen atoms in total. The molecule has 0 aliphatic heterocycles. The summed E-state index contributed by atoms with van der Waals surface area (Å²) in [5.74, 6) is 1.72. The quantitative estimate of drug-likeness (QED) is 0.825. The minimum absolute atomic E-state index is 0.241. The molecule has 2 aromatic rings. The van der Waals surface area contributed by atoms with E-state index in [0.29, 0.717) is 5.82 Å². The van der Waals surface area contributed by atoms with Crippen LogP contribution >= 0.6 is 22.6 Å². The summed E-state index contributed by atoms with van der Waals surface area (Å²) in [7, 11) is 1.84. The van der Waals surface area contributed by atoms with Crippen LogP contribution in [0.25, 0.3) is 11.4 Å². The van der Waals surface area contributed by atoms with Crippen LogP contribution in [-0.4, -0.2) is 22.1 Å². The number of aryl methyl sites for hydroxylation is 1. The Morgan fingerprint density at radius 2 is 1.82 bits per heavy atom. The minimum Gasteiger partial charge on any atom is -0.508 e. The number of phenolic OH excluding ortho intramolecular Hbond substituents is 1. The van der Waals surface area contributed by atoms with Gasteiger partial charge in [0.05, 0.1) is 9.26 Å². The van der Waals surface area contributed by atoms with Crippen molar-refractivity contribution in [3.05, 3.63) is 33.5 Å². The molecule has 1 aromatic carbocycles. The summed E-state index contributed by atoms with van der Waals surface area (Å²) < 4.78 is 1.02. The number of nitrogens with zero attached hydrogens (tertiary/aromatic N) is 2. The van der Waals surface area contributed by atoms with Crippen LogP contribution in [0.2, 0.25) is 0 Å². The first-order chi connectivity index (χ1) is 8.11. The standard InChI is InChI=1S/C12H12IN3O/c1-7-10(13)12(14-2)16-11(15-7)8-3-5-9(17)6-4-8/h3-6,17H,1-2H3,(H,14,15,16). The van der Waals surface area contributed by atoms with E-state index in [1.165, 1.54) is 0 Å². The van der Waals surface area contributed by atoms with Crippen molar-refractivity contribution in [1.82, 2.24) is 9.97 Å². The molecule has 0 atom stereocenters. The van der Waals surface area contributed by atoms with E-state index in [-0.39, 0.29) is 5.75 Å². The summed E-state index contributed by atoms with van der Waals surface area (Å²) in [4.78, 5) is 8.88. The first kappa shape index (κ1) is 12.1. The summed E-state index contributed by atoms with van der Waals surface area (Å²) in [6.45, 7) is 1.95. The van der Waals surface area contributed by atoms with Crippen molar-refractivity contribution in [2.75, 3.05) is 12.4 Å². The Morgan fingerprint density at radius 3 is 2.41 bits per heavy atom. The van der Waals surface area contributed by atoms with Crippen LogP contribution in [0, 0.1) is 10.5 Å². The van der Waals surface area contributed by atoms with E-state index in [2.05, 4.69) is 37.9 Å². The van der Waals surface area contributed by atoms with Crippen LogP contribution in [0.4, 0.5) is 5.82 Å². The average Bonchev–Trinajstić information content (AvgIpc) is 2.33. The summed E-state index contributed by atoms with van der Waals surface area (Å²) in [5.41, 5.74) is 1.83. The highest BCUT2D eigenvalue weighted by molar-refractivity contribution is 14.1. The molecule has 0 saturated heterocycles. The van der Waals surface area contributed by atoms with Gasteiger partial charge in [0.2, 0.25) is 0 Å². The van der Waals surface area contributed by atoms with Crippen LogP contribution in [0.15, 0.2) is 24.3 Å². The minimum atomic E-state index is 0.241. The van der Waals surface area contributed by atoms with Crippen LogP contribution in [0.3, 0.4) is 0 Å². The number of halogens is 1. The maximum absolute atomic E-state index is 9.25. The molecular weight excluding hydrogens is 329 g/mol. The van der Waals surface area contributed by atoms with Gasteiger partial charge in [-0.3, -0.25) is 0 Å². The number of aromatic hydroxyl groups is 1. The number of aromatic nitrogens is 2.